The molecule has 30 heavy (non-hydrogen) atoms. The molecule has 0 spiro atoms. The van der Waals surface area contributed by atoms with E-state index in [0.717, 1.165) is 49.7 Å². The second-order valence-corrected chi connectivity index (χ2v) is 7.78. The predicted molar refractivity (Wildman–Crippen MR) is 122 cm³/mol. The van der Waals surface area contributed by atoms with Crippen LogP contribution in [-0.4, -0.2) is 25.1 Å². The van der Waals surface area contributed by atoms with Gasteiger partial charge in [-0.25, -0.2) is 9.97 Å². The van der Waals surface area contributed by atoms with Crippen molar-refractivity contribution in [3.05, 3.63) is 91.0 Å². The van der Waals surface area contributed by atoms with Gasteiger partial charge in [-0.05, 0) is 41.5 Å². The Labute approximate surface area is 177 Å². The van der Waals surface area contributed by atoms with Crippen molar-refractivity contribution in [3.63, 3.8) is 0 Å². The number of aromatic amines is 1. The Morgan fingerprint density at radius 1 is 1.03 bits per heavy atom. The van der Waals surface area contributed by atoms with Gasteiger partial charge in [-0.2, -0.15) is 5.10 Å². The summed E-state index contributed by atoms with van der Waals surface area (Å²) >= 11 is 1.66. The molecule has 3 aromatic heterocycles. The van der Waals surface area contributed by atoms with Gasteiger partial charge in [0.05, 0.1) is 17.1 Å². The Balaban J connectivity index is 1.30. The van der Waals surface area contributed by atoms with Gasteiger partial charge < -0.3 is 5.32 Å². The normalized spacial score (nSPS) is 11.1. The van der Waals surface area contributed by atoms with Gasteiger partial charge in [-0.3, -0.25) is 10.1 Å². The summed E-state index contributed by atoms with van der Waals surface area (Å²) in [5.74, 6) is 0.793. The van der Waals surface area contributed by atoms with Crippen LogP contribution in [0, 0.1) is 0 Å². The van der Waals surface area contributed by atoms with Crippen molar-refractivity contribution >= 4 is 45.1 Å². The number of hydrogen-bond donors (Lipinski definition) is 2. The number of fused-ring (bicyclic) bond motifs is 2. The van der Waals surface area contributed by atoms with E-state index in [2.05, 4.69) is 61.3 Å². The molecule has 3 heterocycles. The minimum Gasteiger partial charge on any atom is -0.356 e. The average molecular weight is 411 g/mol. The van der Waals surface area contributed by atoms with E-state index in [4.69, 9.17) is 0 Å². The quantitative estimate of drug-likeness (QED) is 0.293. The van der Waals surface area contributed by atoms with Crippen molar-refractivity contribution in [2.75, 3.05) is 5.32 Å². The van der Waals surface area contributed by atoms with Crippen molar-refractivity contribution in [2.24, 2.45) is 0 Å². The topological polar surface area (TPSA) is 79.4 Å². The molecule has 0 aliphatic rings. The predicted octanol–water partition coefficient (Wildman–Crippen LogP) is 5.28. The maximum atomic E-state index is 4.39. The molecule has 0 fully saturated rings. The zero-order valence-electron chi connectivity index (χ0n) is 16.0. The lowest BCUT2D eigenvalue weighted by molar-refractivity contribution is 1.07. The van der Waals surface area contributed by atoms with Crippen LogP contribution in [0.3, 0.4) is 0 Å². The third kappa shape index (κ3) is 3.75. The first-order chi connectivity index (χ1) is 14.8. The lowest BCUT2D eigenvalue weighted by atomic mass is 10.1. The molecule has 0 radical (unpaired) electrons. The summed E-state index contributed by atoms with van der Waals surface area (Å²) in [5, 5.41) is 13.3. The van der Waals surface area contributed by atoms with E-state index < -0.39 is 0 Å². The highest BCUT2D eigenvalue weighted by molar-refractivity contribution is 7.98. The van der Waals surface area contributed by atoms with Gasteiger partial charge in [0.1, 0.15) is 11.4 Å². The zero-order valence-corrected chi connectivity index (χ0v) is 16.9. The minimum absolute atomic E-state index is 0.754. The summed E-state index contributed by atoms with van der Waals surface area (Å²) < 4.78 is 0. The van der Waals surface area contributed by atoms with E-state index >= 15 is 0 Å². The third-order valence-corrected chi connectivity index (χ3v) is 5.84. The Bertz CT molecular complexity index is 1360. The van der Waals surface area contributed by atoms with Crippen molar-refractivity contribution in [1.82, 2.24) is 25.1 Å². The molecule has 0 saturated heterocycles. The maximum Gasteiger partial charge on any atom is 0.159 e. The smallest absolute Gasteiger partial charge is 0.159 e. The van der Waals surface area contributed by atoms with Crippen LogP contribution in [0.15, 0.2) is 84.9 Å². The molecule has 0 saturated carbocycles. The van der Waals surface area contributed by atoms with Gasteiger partial charge in [-0.15, -0.1) is 11.8 Å². The van der Waals surface area contributed by atoms with Crippen LogP contribution in [0.25, 0.3) is 27.6 Å². The molecule has 5 aromatic rings. The number of benzene rings is 2. The summed E-state index contributed by atoms with van der Waals surface area (Å²) in [6, 6.07) is 18.5. The maximum absolute atomic E-state index is 4.39. The third-order valence-electron chi connectivity index (χ3n) is 4.76. The second kappa shape index (κ2) is 7.96. The summed E-state index contributed by atoms with van der Waals surface area (Å²) in [7, 11) is 0. The van der Waals surface area contributed by atoms with E-state index in [-0.39, 0.29) is 0 Å². The molecule has 6 nitrogen and oxygen atoms in total. The van der Waals surface area contributed by atoms with Crippen molar-refractivity contribution in [2.45, 2.75) is 10.8 Å². The van der Waals surface area contributed by atoms with Crippen molar-refractivity contribution in [1.29, 1.82) is 0 Å². The molecule has 0 amide bonds. The number of anilines is 1. The van der Waals surface area contributed by atoms with Crippen LogP contribution >= 0.6 is 11.8 Å². The molecule has 0 atom stereocenters. The molecular formula is C23H18N6S. The minimum atomic E-state index is 0.754. The van der Waals surface area contributed by atoms with Crippen LogP contribution in [0.4, 0.5) is 5.69 Å². The Morgan fingerprint density at radius 2 is 2.00 bits per heavy atom. The molecule has 0 unspecified atom stereocenters. The summed E-state index contributed by atoms with van der Waals surface area (Å²) in [4.78, 5) is 12.9. The van der Waals surface area contributed by atoms with Crippen LogP contribution in [0.2, 0.25) is 0 Å². The van der Waals surface area contributed by atoms with Gasteiger partial charge in [-0.1, -0.05) is 30.8 Å². The molecular weight excluding hydrogens is 392 g/mol. The fourth-order valence-electron chi connectivity index (χ4n) is 3.26. The molecule has 0 aliphatic heterocycles. The average Bonchev–Trinajstić information content (AvgIpc) is 3.27. The molecule has 146 valence electrons. The Kier molecular flexibility index (Phi) is 4.86. The lowest BCUT2D eigenvalue weighted by Crippen LogP contribution is -1.98. The number of thioether (sulfide) groups is 1. The van der Waals surface area contributed by atoms with Crippen LogP contribution < -0.4 is 5.32 Å². The zero-order chi connectivity index (χ0) is 20.3. The summed E-state index contributed by atoms with van der Waals surface area (Å²) in [6.07, 6.45) is 5.13. The number of rotatable bonds is 6. The second-order valence-electron chi connectivity index (χ2n) is 6.81. The van der Waals surface area contributed by atoms with E-state index in [9.17, 15) is 0 Å². The molecule has 2 N–H and O–H groups in total. The lowest BCUT2D eigenvalue weighted by Gasteiger charge is -2.12. The summed E-state index contributed by atoms with van der Waals surface area (Å²) in [5.41, 5.74) is 5.81. The van der Waals surface area contributed by atoms with Gasteiger partial charge in [0, 0.05) is 28.7 Å². The first kappa shape index (κ1) is 18.3. The van der Waals surface area contributed by atoms with Gasteiger partial charge in [0.25, 0.3) is 0 Å². The van der Waals surface area contributed by atoms with E-state index in [0.29, 0.717) is 0 Å². The number of aromatic nitrogens is 5. The van der Waals surface area contributed by atoms with Gasteiger partial charge >= 0.3 is 0 Å². The standard InChI is InChI=1S/C23H18N6S/c1-15(17-7-8-21-18(11-17)5-3-9-24-21)28-19-6-2-4-16(10-19)13-30-23-20-12-27-29-22(20)25-14-26-23/h2-12,14,28H,1,13H2,(H,25,26,27,29). The van der Waals surface area contributed by atoms with Gasteiger partial charge in [0.2, 0.25) is 0 Å². The van der Waals surface area contributed by atoms with Crippen LogP contribution in [0.1, 0.15) is 11.1 Å². The van der Waals surface area contributed by atoms with Crippen molar-refractivity contribution in [3.8, 4) is 0 Å². The Morgan fingerprint density at radius 3 is 2.97 bits per heavy atom. The number of nitrogens with one attached hydrogen (secondary N) is 2. The summed E-state index contributed by atoms with van der Waals surface area (Å²) in [6.45, 7) is 4.21. The highest BCUT2D eigenvalue weighted by Gasteiger charge is 2.07. The molecule has 5 rings (SSSR count). The number of H-pyrrole nitrogens is 1. The fraction of sp³-hybridized carbons (Fsp3) is 0.0435. The first-order valence-corrected chi connectivity index (χ1v) is 10.4. The van der Waals surface area contributed by atoms with E-state index in [1.165, 1.54) is 5.56 Å². The monoisotopic (exact) mass is 410 g/mol. The van der Waals surface area contributed by atoms with Crippen molar-refractivity contribution < 1.29 is 0 Å². The first-order valence-electron chi connectivity index (χ1n) is 9.43. The molecule has 7 heteroatoms. The fourth-order valence-corrected chi connectivity index (χ4v) is 4.17. The van der Waals surface area contributed by atoms with Gasteiger partial charge in [0.15, 0.2) is 5.65 Å². The SMILES string of the molecule is C=C(Nc1cccc(CSc2ncnc3[nH]ncc23)c1)c1ccc2ncccc2c1. The molecule has 0 bridgehead atoms. The number of nitrogens with zero attached hydrogens (tertiary/aromatic N) is 4. The number of pyridine rings is 1. The number of hydrogen-bond acceptors (Lipinski definition) is 6. The molecule has 2 aromatic carbocycles. The van der Waals surface area contributed by atoms with Crippen LogP contribution in [-0.2, 0) is 5.75 Å². The highest BCUT2D eigenvalue weighted by atomic mass is 32.2. The molecule has 0 aliphatic carbocycles. The van der Waals surface area contributed by atoms with E-state index in [1.807, 2.05) is 30.3 Å². The largest absolute Gasteiger partial charge is 0.356 e. The highest BCUT2D eigenvalue weighted by Crippen LogP contribution is 2.28. The van der Waals surface area contributed by atoms with Crippen LogP contribution in [0.5, 0.6) is 0 Å². The van der Waals surface area contributed by atoms with E-state index in [1.54, 1.807) is 30.5 Å². The Hall–Kier alpha value is -3.71.